The standard InChI is InChI=1S/C13H11FN2O/c14-13-5-4-12(10-16-7-2-6-15-16)11(9-13)3-1-8-17/h2,4-7,9,17H,8,10H2. The molecule has 0 atom stereocenters. The van der Waals surface area contributed by atoms with Gasteiger partial charge in [0.05, 0.1) is 6.54 Å². The Bertz CT molecular complexity index is 553. The molecule has 1 aromatic carbocycles. The zero-order valence-electron chi connectivity index (χ0n) is 9.10. The van der Waals surface area contributed by atoms with Gasteiger partial charge in [-0.2, -0.15) is 5.10 Å². The molecule has 0 fully saturated rings. The third kappa shape index (κ3) is 2.92. The van der Waals surface area contributed by atoms with E-state index in [1.807, 2.05) is 12.3 Å². The number of aromatic nitrogens is 2. The molecule has 2 rings (SSSR count). The molecule has 3 nitrogen and oxygen atoms in total. The van der Waals surface area contributed by atoms with E-state index in [1.54, 1.807) is 16.9 Å². The van der Waals surface area contributed by atoms with E-state index in [2.05, 4.69) is 16.9 Å². The van der Waals surface area contributed by atoms with Crippen LogP contribution in [0.1, 0.15) is 11.1 Å². The van der Waals surface area contributed by atoms with Crippen molar-refractivity contribution in [2.45, 2.75) is 6.54 Å². The first-order valence-electron chi connectivity index (χ1n) is 5.15. The summed E-state index contributed by atoms with van der Waals surface area (Å²) in [6.07, 6.45) is 3.51. The molecule has 1 aromatic heterocycles. The van der Waals surface area contributed by atoms with Gasteiger partial charge in [-0.3, -0.25) is 4.68 Å². The lowest BCUT2D eigenvalue weighted by Crippen LogP contribution is -2.02. The molecule has 0 aliphatic rings. The van der Waals surface area contributed by atoms with E-state index in [4.69, 9.17) is 5.11 Å². The summed E-state index contributed by atoms with van der Waals surface area (Å²) in [5.74, 6) is 4.92. The zero-order chi connectivity index (χ0) is 12.1. The summed E-state index contributed by atoms with van der Waals surface area (Å²) in [5, 5.41) is 12.7. The first-order valence-corrected chi connectivity index (χ1v) is 5.15. The monoisotopic (exact) mass is 230 g/mol. The number of halogens is 1. The van der Waals surface area contributed by atoms with E-state index >= 15 is 0 Å². The van der Waals surface area contributed by atoms with Gasteiger partial charge in [0.25, 0.3) is 0 Å². The maximum Gasteiger partial charge on any atom is 0.124 e. The molecule has 0 bridgehead atoms. The van der Waals surface area contributed by atoms with Crippen LogP contribution in [0.2, 0.25) is 0 Å². The molecule has 17 heavy (non-hydrogen) atoms. The summed E-state index contributed by atoms with van der Waals surface area (Å²) < 4.78 is 14.8. The molecular formula is C13H11FN2O. The summed E-state index contributed by atoms with van der Waals surface area (Å²) in [6.45, 7) is 0.292. The fourth-order valence-electron chi connectivity index (χ4n) is 1.51. The van der Waals surface area contributed by atoms with Crippen LogP contribution in [-0.4, -0.2) is 21.5 Å². The number of aliphatic hydroxyl groups excluding tert-OH is 1. The third-order valence-electron chi connectivity index (χ3n) is 2.27. The second kappa shape index (κ2) is 5.28. The lowest BCUT2D eigenvalue weighted by molar-refractivity contribution is 0.350. The Morgan fingerprint density at radius 2 is 2.29 bits per heavy atom. The van der Waals surface area contributed by atoms with E-state index in [-0.39, 0.29) is 12.4 Å². The van der Waals surface area contributed by atoms with Crippen LogP contribution in [0.25, 0.3) is 0 Å². The fourth-order valence-corrected chi connectivity index (χ4v) is 1.51. The van der Waals surface area contributed by atoms with Crippen LogP contribution in [0.4, 0.5) is 4.39 Å². The minimum Gasteiger partial charge on any atom is -0.384 e. The third-order valence-corrected chi connectivity index (χ3v) is 2.27. The van der Waals surface area contributed by atoms with Crippen LogP contribution < -0.4 is 0 Å². The summed E-state index contributed by atoms with van der Waals surface area (Å²) in [4.78, 5) is 0. The van der Waals surface area contributed by atoms with Gasteiger partial charge in [0.15, 0.2) is 0 Å². The van der Waals surface area contributed by atoms with Crippen LogP contribution in [0.3, 0.4) is 0 Å². The Morgan fingerprint density at radius 3 is 3.00 bits per heavy atom. The average Bonchev–Trinajstić information content (AvgIpc) is 2.82. The van der Waals surface area contributed by atoms with Gasteiger partial charge in [0, 0.05) is 18.0 Å². The summed E-state index contributed by atoms with van der Waals surface area (Å²) >= 11 is 0. The smallest absolute Gasteiger partial charge is 0.124 e. The second-order valence-corrected chi connectivity index (χ2v) is 3.47. The number of nitrogens with zero attached hydrogens (tertiary/aromatic N) is 2. The maximum absolute atomic E-state index is 13.1. The second-order valence-electron chi connectivity index (χ2n) is 3.47. The molecule has 86 valence electrons. The Balaban J connectivity index is 2.32. The molecule has 2 aromatic rings. The van der Waals surface area contributed by atoms with Gasteiger partial charge in [-0.25, -0.2) is 4.39 Å². The molecule has 0 unspecified atom stereocenters. The Labute approximate surface area is 98.5 Å². The lowest BCUT2D eigenvalue weighted by atomic mass is 10.1. The molecule has 0 spiro atoms. The van der Waals surface area contributed by atoms with Crippen molar-refractivity contribution in [2.24, 2.45) is 0 Å². The lowest BCUT2D eigenvalue weighted by Gasteiger charge is -2.05. The number of rotatable bonds is 2. The number of aliphatic hydroxyl groups is 1. The van der Waals surface area contributed by atoms with Crippen LogP contribution in [-0.2, 0) is 6.54 Å². The van der Waals surface area contributed by atoms with Crippen LogP contribution >= 0.6 is 0 Å². The Morgan fingerprint density at radius 1 is 1.41 bits per heavy atom. The minimum atomic E-state index is -0.337. The predicted molar refractivity (Wildman–Crippen MR) is 61.7 cm³/mol. The van der Waals surface area contributed by atoms with Crippen molar-refractivity contribution in [3.05, 3.63) is 53.6 Å². The summed E-state index contributed by atoms with van der Waals surface area (Å²) in [7, 11) is 0. The molecule has 0 saturated heterocycles. The first-order chi connectivity index (χ1) is 8.29. The van der Waals surface area contributed by atoms with E-state index in [1.165, 1.54) is 12.1 Å². The normalized spacial score (nSPS) is 9.76. The number of benzene rings is 1. The molecule has 0 radical (unpaired) electrons. The van der Waals surface area contributed by atoms with Crippen LogP contribution in [0.5, 0.6) is 0 Å². The zero-order valence-corrected chi connectivity index (χ0v) is 9.10. The highest BCUT2D eigenvalue weighted by Gasteiger charge is 2.03. The summed E-state index contributed by atoms with van der Waals surface area (Å²) in [5.41, 5.74) is 1.45. The van der Waals surface area contributed by atoms with Crippen molar-refractivity contribution in [3.63, 3.8) is 0 Å². The van der Waals surface area contributed by atoms with Crippen molar-refractivity contribution in [1.82, 2.24) is 9.78 Å². The molecule has 1 heterocycles. The van der Waals surface area contributed by atoms with Crippen LogP contribution in [0, 0.1) is 17.7 Å². The van der Waals surface area contributed by atoms with Gasteiger partial charge in [0.1, 0.15) is 12.4 Å². The fraction of sp³-hybridized carbons (Fsp3) is 0.154. The Kier molecular flexibility index (Phi) is 3.53. The molecule has 0 aliphatic heterocycles. The topological polar surface area (TPSA) is 38.0 Å². The van der Waals surface area contributed by atoms with Gasteiger partial charge >= 0.3 is 0 Å². The van der Waals surface area contributed by atoms with E-state index in [9.17, 15) is 4.39 Å². The van der Waals surface area contributed by atoms with Gasteiger partial charge in [-0.15, -0.1) is 0 Å². The molecule has 4 heteroatoms. The Hall–Kier alpha value is -2.12. The number of hydrogen-bond acceptors (Lipinski definition) is 2. The maximum atomic E-state index is 13.1. The van der Waals surface area contributed by atoms with Gasteiger partial charge in [0.2, 0.25) is 0 Å². The highest BCUT2D eigenvalue weighted by atomic mass is 19.1. The van der Waals surface area contributed by atoms with E-state index in [0.29, 0.717) is 12.1 Å². The van der Waals surface area contributed by atoms with Crippen LogP contribution in [0.15, 0.2) is 36.7 Å². The molecule has 0 saturated carbocycles. The molecule has 0 aliphatic carbocycles. The van der Waals surface area contributed by atoms with Crippen molar-refractivity contribution in [1.29, 1.82) is 0 Å². The quantitative estimate of drug-likeness (QED) is 0.792. The SMILES string of the molecule is OCC#Cc1cc(F)ccc1Cn1cccn1. The molecule has 1 N–H and O–H groups in total. The van der Waals surface area contributed by atoms with E-state index in [0.717, 1.165) is 5.56 Å². The van der Waals surface area contributed by atoms with Crippen molar-refractivity contribution in [3.8, 4) is 11.8 Å². The predicted octanol–water partition coefficient (Wildman–Crippen LogP) is 1.41. The molecular weight excluding hydrogens is 219 g/mol. The van der Waals surface area contributed by atoms with Crippen molar-refractivity contribution >= 4 is 0 Å². The largest absolute Gasteiger partial charge is 0.384 e. The van der Waals surface area contributed by atoms with Gasteiger partial charge in [-0.05, 0) is 23.8 Å². The van der Waals surface area contributed by atoms with Gasteiger partial charge in [-0.1, -0.05) is 17.9 Å². The van der Waals surface area contributed by atoms with Crippen molar-refractivity contribution in [2.75, 3.05) is 6.61 Å². The highest BCUT2D eigenvalue weighted by molar-refractivity contribution is 5.41. The average molecular weight is 230 g/mol. The van der Waals surface area contributed by atoms with E-state index < -0.39 is 0 Å². The minimum absolute atomic E-state index is 0.238. The number of hydrogen-bond donors (Lipinski definition) is 1. The molecule has 0 amide bonds. The van der Waals surface area contributed by atoms with Gasteiger partial charge < -0.3 is 5.11 Å². The first kappa shape index (κ1) is 11.4. The highest BCUT2D eigenvalue weighted by Crippen LogP contribution is 2.11. The van der Waals surface area contributed by atoms with Crippen molar-refractivity contribution < 1.29 is 9.50 Å². The summed E-state index contributed by atoms with van der Waals surface area (Å²) in [6, 6.07) is 6.26.